The minimum absolute atomic E-state index is 0.144. The van der Waals surface area contributed by atoms with Crippen LogP contribution < -0.4 is 5.73 Å². The molecular formula is C12H21N3O. The average Bonchev–Trinajstić information content (AvgIpc) is 2.49. The van der Waals surface area contributed by atoms with Gasteiger partial charge in [0, 0.05) is 32.0 Å². The molecule has 1 amide bonds. The maximum atomic E-state index is 11.8. The highest BCUT2D eigenvalue weighted by atomic mass is 16.2. The van der Waals surface area contributed by atoms with Crippen LogP contribution >= 0.6 is 0 Å². The van der Waals surface area contributed by atoms with Gasteiger partial charge in [-0.1, -0.05) is 6.42 Å². The number of unbranched alkanes of at least 4 members (excludes halogenated alkanes) is 2. The van der Waals surface area contributed by atoms with Crippen molar-refractivity contribution < 1.29 is 4.79 Å². The lowest BCUT2D eigenvalue weighted by Gasteiger charge is -2.22. The zero-order valence-electron chi connectivity index (χ0n) is 9.82. The van der Waals surface area contributed by atoms with Crippen molar-refractivity contribution in [1.82, 2.24) is 4.90 Å². The Labute approximate surface area is 97.4 Å². The first kappa shape index (κ1) is 13.0. The Balaban J connectivity index is 2.26. The SMILES string of the molecule is N#CCCCCC(=O)N1CCCCC(N)C1. The number of nitrogens with two attached hydrogens (primary N) is 1. The van der Waals surface area contributed by atoms with Gasteiger partial charge >= 0.3 is 0 Å². The van der Waals surface area contributed by atoms with E-state index in [1.165, 1.54) is 0 Å². The summed E-state index contributed by atoms with van der Waals surface area (Å²) in [4.78, 5) is 13.7. The van der Waals surface area contributed by atoms with E-state index in [9.17, 15) is 4.79 Å². The van der Waals surface area contributed by atoms with Crippen molar-refractivity contribution in [3.8, 4) is 6.07 Å². The molecule has 1 rings (SSSR count). The molecule has 90 valence electrons. The number of hydrogen-bond donors (Lipinski definition) is 1. The van der Waals surface area contributed by atoms with E-state index in [2.05, 4.69) is 6.07 Å². The number of nitriles is 1. The molecule has 0 saturated carbocycles. The molecule has 0 aromatic carbocycles. The monoisotopic (exact) mass is 223 g/mol. The first-order chi connectivity index (χ1) is 7.74. The fraction of sp³-hybridized carbons (Fsp3) is 0.833. The molecule has 0 aromatic rings. The van der Waals surface area contributed by atoms with Crippen LogP contribution in [0.2, 0.25) is 0 Å². The Morgan fingerprint density at radius 1 is 1.44 bits per heavy atom. The van der Waals surface area contributed by atoms with E-state index in [0.717, 1.165) is 38.6 Å². The second-order valence-electron chi connectivity index (χ2n) is 4.46. The largest absolute Gasteiger partial charge is 0.341 e. The molecule has 1 fully saturated rings. The van der Waals surface area contributed by atoms with E-state index in [1.54, 1.807) is 0 Å². The van der Waals surface area contributed by atoms with Gasteiger partial charge in [-0.2, -0.15) is 5.26 Å². The molecule has 1 saturated heterocycles. The number of carbonyl (C=O) groups is 1. The highest BCUT2D eigenvalue weighted by molar-refractivity contribution is 5.76. The van der Waals surface area contributed by atoms with Gasteiger partial charge < -0.3 is 10.6 Å². The van der Waals surface area contributed by atoms with Gasteiger partial charge in [0.15, 0.2) is 0 Å². The third-order valence-electron chi connectivity index (χ3n) is 2.99. The Bertz CT molecular complexity index is 259. The van der Waals surface area contributed by atoms with E-state index >= 15 is 0 Å². The van der Waals surface area contributed by atoms with Crippen molar-refractivity contribution >= 4 is 5.91 Å². The predicted molar refractivity (Wildman–Crippen MR) is 62.5 cm³/mol. The summed E-state index contributed by atoms with van der Waals surface area (Å²) in [5.41, 5.74) is 5.90. The molecule has 1 aliphatic rings. The summed E-state index contributed by atoms with van der Waals surface area (Å²) in [7, 11) is 0. The van der Waals surface area contributed by atoms with Crippen molar-refractivity contribution in [2.45, 2.75) is 51.0 Å². The molecule has 0 spiro atoms. The van der Waals surface area contributed by atoms with Crippen molar-refractivity contribution in [2.24, 2.45) is 5.73 Å². The van der Waals surface area contributed by atoms with Crippen LogP contribution in [0.3, 0.4) is 0 Å². The number of rotatable bonds is 4. The van der Waals surface area contributed by atoms with Crippen molar-refractivity contribution in [3.05, 3.63) is 0 Å². The summed E-state index contributed by atoms with van der Waals surface area (Å²) in [6, 6.07) is 2.24. The Kier molecular flexibility index (Phi) is 5.87. The van der Waals surface area contributed by atoms with Gasteiger partial charge in [0.2, 0.25) is 5.91 Å². The molecule has 0 bridgehead atoms. The zero-order valence-corrected chi connectivity index (χ0v) is 9.82. The summed E-state index contributed by atoms with van der Waals surface area (Å²) in [6.07, 6.45) is 5.97. The first-order valence-corrected chi connectivity index (χ1v) is 6.14. The lowest BCUT2D eigenvalue weighted by molar-refractivity contribution is -0.131. The number of carbonyl (C=O) groups excluding carboxylic acids is 1. The zero-order chi connectivity index (χ0) is 11.8. The molecule has 16 heavy (non-hydrogen) atoms. The third kappa shape index (κ3) is 4.63. The predicted octanol–water partition coefficient (Wildman–Crippen LogP) is 1.41. The van der Waals surface area contributed by atoms with Gasteiger partial charge in [-0.15, -0.1) is 0 Å². The summed E-state index contributed by atoms with van der Waals surface area (Å²) >= 11 is 0. The van der Waals surface area contributed by atoms with Crippen LogP contribution in [0, 0.1) is 11.3 Å². The van der Waals surface area contributed by atoms with E-state index in [1.807, 2.05) is 4.90 Å². The van der Waals surface area contributed by atoms with Crippen molar-refractivity contribution in [1.29, 1.82) is 5.26 Å². The summed E-state index contributed by atoms with van der Waals surface area (Å²) in [5.74, 6) is 0.204. The van der Waals surface area contributed by atoms with E-state index in [-0.39, 0.29) is 11.9 Å². The smallest absolute Gasteiger partial charge is 0.222 e. The van der Waals surface area contributed by atoms with E-state index < -0.39 is 0 Å². The van der Waals surface area contributed by atoms with Gasteiger partial charge in [0.25, 0.3) is 0 Å². The summed E-state index contributed by atoms with van der Waals surface area (Å²) in [6.45, 7) is 1.56. The van der Waals surface area contributed by atoms with E-state index in [4.69, 9.17) is 11.0 Å². The van der Waals surface area contributed by atoms with Crippen LogP contribution in [0.5, 0.6) is 0 Å². The first-order valence-electron chi connectivity index (χ1n) is 6.14. The molecule has 1 heterocycles. The Morgan fingerprint density at radius 2 is 2.25 bits per heavy atom. The van der Waals surface area contributed by atoms with Gasteiger partial charge in [0.1, 0.15) is 0 Å². The minimum atomic E-state index is 0.144. The van der Waals surface area contributed by atoms with Gasteiger partial charge in [-0.05, 0) is 25.7 Å². The molecule has 0 radical (unpaired) electrons. The second kappa shape index (κ2) is 7.24. The number of nitrogens with zero attached hydrogens (tertiary/aromatic N) is 2. The fourth-order valence-corrected chi connectivity index (χ4v) is 2.04. The van der Waals surface area contributed by atoms with Crippen LogP contribution in [-0.2, 0) is 4.79 Å². The molecule has 4 heteroatoms. The lowest BCUT2D eigenvalue weighted by atomic mass is 10.1. The van der Waals surface area contributed by atoms with Crippen LogP contribution in [-0.4, -0.2) is 29.9 Å². The maximum Gasteiger partial charge on any atom is 0.222 e. The molecule has 0 aliphatic carbocycles. The summed E-state index contributed by atoms with van der Waals surface area (Å²) < 4.78 is 0. The van der Waals surface area contributed by atoms with Crippen molar-refractivity contribution in [2.75, 3.05) is 13.1 Å². The molecule has 1 unspecified atom stereocenters. The summed E-state index contributed by atoms with van der Waals surface area (Å²) in [5, 5.41) is 8.39. The standard InChI is InChI=1S/C12H21N3O/c13-8-4-1-2-7-12(16)15-9-5-3-6-11(14)10-15/h11H,1-7,9-10,14H2. The van der Waals surface area contributed by atoms with Crippen molar-refractivity contribution in [3.63, 3.8) is 0 Å². The van der Waals surface area contributed by atoms with E-state index in [0.29, 0.717) is 19.4 Å². The molecule has 1 aliphatic heterocycles. The van der Waals surface area contributed by atoms with Gasteiger partial charge in [-0.3, -0.25) is 4.79 Å². The normalized spacial score (nSPS) is 21.2. The molecule has 4 nitrogen and oxygen atoms in total. The molecule has 2 N–H and O–H groups in total. The van der Waals surface area contributed by atoms with Crippen LogP contribution in [0.25, 0.3) is 0 Å². The highest BCUT2D eigenvalue weighted by Crippen LogP contribution is 2.11. The lowest BCUT2D eigenvalue weighted by Crippen LogP contribution is -2.39. The number of likely N-dealkylation sites (tertiary alicyclic amines) is 1. The molecule has 1 atom stereocenters. The van der Waals surface area contributed by atoms with Gasteiger partial charge in [-0.25, -0.2) is 0 Å². The topological polar surface area (TPSA) is 70.1 Å². The molecule has 0 aromatic heterocycles. The second-order valence-corrected chi connectivity index (χ2v) is 4.46. The average molecular weight is 223 g/mol. The van der Waals surface area contributed by atoms with Crippen LogP contribution in [0.4, 0.5) is 0 Å². The van der Waals surface area contributed by atoms with Gasteiger partial charge in [0.05, 0.1) is 6.07 Å². The van der Waals surface area contributed by atoms with Crippen LogP contribution in [0.15, 0.2) is 0 Å². The number of amides is 1. The fourth-order valence-electron chi connectivity index (χ4n) is 2.04. The molecular weight excluding hydrogens is 202 g/mol. The quantitative estimate of drug-likeness (QED) is 0.732. The maximum absolute atomic E-state index is 11.8. The van der Waals surface area contributed by atoms with Crippen LogP contribution in [0.1, 0.15) is 44.9 Å². The Morgan fingerprint density at radius 3 is 3.00 bits per heavy atom. The highest BCUT2D eigenvalue weighted by Gasteiger charge is 2.18. The Hall–Kier alpha value is -1.08. The number of hydrogen-bond acceptors (Lipinski definition) is 3. The minimum Gasteiger partial charge on any atom is -0.341 e. The third-order valence-corrected chi connectivity index (χ3v) is 2.99.